The molecule has 0 spiro atoms. The average Bonchev–Trinajstić information content (AvgIpc) is 2.18. The van der Waals surface area contributed by atoms with Crippen LogP contribution in [0.2, 0.25) is 0 Å². The second-order valence-electron chi connectivity index (χ2n) is 3.56. The molecule has 1 heterocycles. The largest absolute Gasteiger partial charge is 0.360 e. The average molecular weight is 190 g/mol. The van der Waals surface area contributed by atoms with E-state index in [0.29, 0.717) is 6.54 Å². The minimum absolute atomic E-state index is 0.111. The zero-order chi connectivity index (χ0) is 9.97. The molecule has 1 aromatic carbocycles. The predicted molar refractivity (Wildman–Crippen MR) is 56.4 cm³/mol. The molecular weight excluding hydrogens is 176 g/mol. The summed E-state index contributed by atoms with van der Waals surface area (Å²) in [5.74, 6) is 0.111. The van der Waals surface area contributed by atoms with Gasteiger partial charge in [0.05, 0.1) is 6.54 Å². The number of benzene rings is 1. The van der Waals surface area contributed by atoms with E-state index < -0.39 is 0 Å². The van der Waals surface area contributed by atoms with Crippen LogP contribution in [0.5, 0.6) is 0 Å². The lowest BCUT2D eigenvalue weighted by molar-refractivity contribution is -0.120. The SMILES string of the molecule is Cc1ccccc1N1CCNC(=O)C1. The fourth-order valence-corrected chi connectivity index (χ4v) is 1.76. The van der Waals surface area contributed by atoms with E-state index >= 15 is 0 Å². The van der Waals surface area contributed by atoms with Gasteiger partial charge in [0.2, 0.25) is 5.91 Å². The molecule has 3 heteroatoms. The lowest BCUT2D eigenvalue weighted by Gasteiger charge is -2.29. The van der Waals surface area contributed by atoms with Crippen LogP contribution in [-0.2, 0) is 4.79 Å². The fraction of sp³-hybridized carbons (Fsp3) is 0.364. The summed E-state index contributed by atoms with van der Waals surface area (Å²) >= 11 is 0. The molecule has 0 bridgehead atoms. The van der Waals surface area contributed by atoms with Gasteiger partial charge in [0, 0.05) is 18.8 Å². The van der Waals surface area contributed by atoms with Crippen molar-refractivity contribution in [1.29, 1.82) is 0 Å². The summed E-state index contributed by atoms with van der Waals surface area (Å²) in [5.41, 5.74) is 2.39. The van der Waals surface area contributed by atoms with Crippen molar-refractivity contribution in [3.63, 3.8) is 0 Å². The number of hydrogen-bond donors (Lipinski definition) is 1. The summed E-state index contributed by atoms with van der Waals surface area (Å²) in [4.78, 5) is 13.3. The monoisotopic (exact) mass is 190 g/mol. The van der Waals surface area contributed by atoms with Gasteiger partial charge in [0.1, 0.15) is 0 Å². The smallest absolute Gasteiger partial charge is 0.239 e. The molecule has 0 unspecified atom stereocenters. The number of carbonyl (C=O) groups excluding carboxylic acids is 1. The van der Waals surface area contributed by atoms with E-state index in [1.165, 1.54) is 11.3 Å². The molecule has 1 aliphatic rings. The topological polar surface area (TPSA) is 32.3 Å². The Kier molecular flexibility index (Phi) is 2.39. The zero-order valence-electron chi connectivity index (χ0n) is 8.29. The highest BCUT2D eigenvalue weighted by Gasteiger charge is 2.16. The van der Waals surface area contributed by atoms with Gasteiger partial charge in [-0.3, -0.25) is 4.79 Å². The van der Waals surface area contributed by atoms with Crippen LogP contribution >= 0.6 is 0 Å². The number of carbonyl (C=O) groups is 1. The third-order valence-corrected chi connectivity index (χ3v) is 2.49. The molecule has 1 N–H and O–H groups in total. The molecule has 3 nitrogen and oxygen atoms in total. The van der Waals surface area contributed by atoms with Gasteiger partial charge in [-0.1, -0.05) is 18.2 Å². The maximum atomic E-state index is 11.2. The summed E-state index contributed by atoms with van der Waals surface area (Å²) in [6.07, 6.45) is 0. The summed E-state index contributed by atoms with van der Waals surface area (Å²) in [7, 11) is 0. The maximum Gasteiger partial charge on any atom is 0.239 e. The number of nitrogens with one attached hydrogen (secondary N) is 1. The molecule has 2 rings (SSSR count). The molecule has 0 saturated carbocycles. The van der Waals surface area contributed by atoms with Crippen LogP contribution in [0.15, 0.2) is 24.3 Å². The minimum atomic E-state index is 0.111. The highest BCUT2D eigenvalue weighted by Crippen LogP contribution is 2.19. The van der Waals surface area contributed by atoms with Gasteiger partial charge in [-0.15, -0.1) is 0 Å². The van der Waals surface area contributed by atoms with Gasteiger partial charge < -0.3 is 10.2 Å². The first kappa shape index (κ1) is 9.06. The van der Waals surface area contributed by atoms with Crippen molar-refractivity contribution >= 4 is 11.6 Å². The van der Waals surface area contributed by atoms with Gasteiger partial charge >= 0.3 is 0 Å². The van der Waals surface area contributed by atoms with Gasteiger partial charge in [0.15, 0.2) is 0 Å². The van der Waals surface area contributed by atoms with Crippen LogP contribution in [0.3, 0.4) is 0 Å². The standard InChI is InChI=1S/C11H14N2O/c1-9-4-2-3-5-10(9)13-7-6-12-11(14)8-13/h2-5H,6-8H2,1H3,(H,12,14). The molecule has 1 amide bonds. The van der Waals surface area contributed by atoms with Gasteiger partial charge in [-0.25, -0.2) is 0 Å². The van der Waals surface area contributed by atoms with Crippen molar-refractivity contribution in [2.24, 2.45) is 0 Å². The first-order valence-electron chi connectivity index (χ1n) is 4.84. The van der Waals surface area contributed by atoms with Crippen LogP contribution in [0.25, 0.3) is 0 Å². The molecule has 14 heavy (non-hydrogen) atoms. The summed E-state index contributed by atoms with van der Waals surface area (Å²) < 4.78 is 0. The molecule has 0 aromatic heterocycles. The number of anilines is 1. The van der Waals surface area contributed by atoms with E-state index in [1.807, 2.05) is 12.1 Å². The van der Waals surface area contributed by atoms with Crippen molar-refractivity contribution in [3.05, 3.63) is 29.8 Å². The minimum Gasteiger partial charge on any atom is -0.360 e. The van der Waals surface area contributed by atoms with Gasteiger partial charge in [-0.05, 0) is 18.6 Å². The van der Waals surface area contributed by atoms with Crippen LogP contribution in [0.4, 0.5) is 5.69 Å². The van der Waals surface area contributed by atoms with Gasteiger partial charge in [0.25, 0.3) is 0 Å². The van der Waals surface area contributed by atoms with Gasteiger partial charge in [-0.2, -0.15) is 0 Å². The summed E-state index contributed by atoms with van der Waals surface area (Å²) in [6.45, 7) is 4.19. The van der Waals surface area contributed by atoms with Crippen molar-refractivity contribution in [2.45, 2.75) is 6.92 Å². The van der Waals surface area contributed by atoms with Crippen LogP contribution in [0, 0.1) is 6.92 Å². The predicted octanol–water partition coefficient (Wildman–Crippen LogP) is 0.931. The molecular formula is C11H14N2O. The Balaban J connectivity index is 2.22. The number of nitrogens with zero attached hydrogens (tertiary/aromatic N) is 1. The van der Waals surface area contributed by atoms with Crippen LogP contribution < -0.4 is 10.2 Å². The number of amides is 1. The molecule has 1 aromatic rings. The zero-order valence-corrected chi connectivity index (χ0v) is 8.29. The van der Waals surface area contributed by atoms with E-state index in [9.17, 15) is 4.79 Å². The number of rotatable bonds is 1. The third kappa shape index (κ3) is 1.71. The van der Waals surface area contributed by atoms with Crippen molar-refractivity contribution in [3.8, 4) is 0 Å². The van der Waals surface area contributed by atoms with E-state index in [2.05, 4.69) is 29.3 Å². The summed E-state index contributed by atoms with van der Waals surface area (Å²) in [5, 5.41) is 2.82. The van der Waals surface area contributed by atoms with E-state index in [-0.39, 0.29) is 5.91 Å². The Morgan fingerprint density at radius 3 is 2.86 bits per heavy atom. The third-order valence-electron chi connectivity index (χ3n) is 2.49. The first-order valence-corrected chi connectivity index (χ1v) is 4.84. The molecule has 0 atom stereocenters. The Morgan fingerprint density at radius 2 is 2.14 bits per heavy atom. The van der Waals surface area contributed by atoms with E-state index in [4.69, 9.17) is 0 Å². The summed E-state index contributed by atoms with van der Waals surface area (Å²) in [6, 6.07) is 8.16. The maximum absolute atomic E-state index is 11.2. The molecule has 0 radical (unpaired) electrons. The molecule has 1 saturated heterocycles. The van der Waals surface area contributed by atoms with Crippen LogP contribution in [-0.4, -0.2) is 25.5 Å². The second kappa shape index (κ2) is 3.70. The fourth-order valence-electron chi connectivity index (χ4n) is 1.76. The molecule has 0 aliphatic carbocycles. The van der Waals surface area contributed by atoms with E-state index in [0.717, 1.165) is 13.1 Å². The normalized spacial score (nSPS) is 16.6. The lowest BCUT2D eigenvalue weighted by Crippen LogP contribution is -2.47. The molecule has 74 valence electrons. The highest BCUT2D eigenvalue weighted by molar-refractivity contribution is 5.82. The number of aryl methyl sites for hydroxylation is 1. The number of piperazine rings is 1. The highest BCUT2D eigenvalue weighted by atomic mass is 16.2. The van der Waals surface area contributed by atoms with Crippen molar-refractivity contribution < 1.29 is 4.79 Å². The second-order valence-corrected chi connectivity index (χ2v) is 3.56. The lowest BCUT2D eigenvalue weighted by atomic mass is 10.1. The number of hydrogen-bond acceptors (Lipinski definition) is 2. The Labute approximate surface area is 83.7 Å². The van der Waals surface area contributed by atoms with Crippen molar-refractivity contribution in [1.82, 2.24) is 5.32 Å². The van der Waals surface area contributed by atoms with Crippen LogP contribution in [0.1, 0.15) is 5.56 Å². The Hall–Kier alpha value is -1.51. The number of para-hydroxylation sites is 1. The first-order chi connectivity index (χ1) is 6.77. The molecule has 1 aliphatic heterocycles. The Bertz CT molecular complexity index is 349. The molecule has 1 fully saturated rings. The quantitative estimate of drug-likeness (QED) is 0.714. The van der Waals surface area contributed by atoms with E-state index in [1.54, 1.807) is 0 Å². The Morgan fingerprint density at radius 1 is 1.36 bits per heavy atom. The van der Waals surface area contributed by atoms with Crippen molar-refractivity contribution in [2.75, 3.05) is 24.5 Å².